The summed E-state index contributed by atoms with van der Waals surface area (Å²) in [7, 11) is -1.44. The van der Waals surface area contributed by atoms with Crippen LogP contribution in [0.1, 0.15) is 0 Å². The predicted octanol–water partition coefficient (Wildman–Crippen LogP) is 0.858. The Balaban J connectivity index is 3.87. The van der Waals surface area contributed by atoms with Crippen molar-refractivity contribution in [3.8, 4) is 12.3 Å². The summed E-state index contributed by atoms with van der Waals surface area (Å²) in [6.07, 6.45) is 4.99. The van der Waals surface area contributed by atoms with Crippen LogP contribution in [0.15, 0.2) is 0 Å². The number of terminal acetylenes is 1. The monoisotopic (exact) mass is 128 g/mol. The highest BCUT2D eigenvalue weighted by molar-refractivity contribution is 6.77. The minimum absolute atomic E-state index is 0.484. The summed E-state index contributed by atoms with van der Waals surface area (Å²) in [6, 6.07) is 0. The smallest absolute Gasteiger partial charge is 0.102 e. The van der Waals surface area contributed by atoms with Crippen molar-refractivity contribution < 1.29 is 5.11 Å². The van der Waals surface area contributed by atoms with Gasteiger partial charge in [0.05, 0.1) is 8.07 Å². The Hall–Kier alpha value is -0.263. The van der Waals surface area contributed by atoms with E-state index in [1.54, 1.807) is 0 Å². The fourth-order valence-electron chi connectivity index (χ4n) is 0.250. The van der Waals surface area contributed by atoms with Crippen molar-refractivity contribution in [2.75, 3.05) is 0 Å². The van der Waals surface area contributed by atoms with Crippen LogP contribution in [0.4, 0.5) is 0 Å². The Morgan fingerprint density at radius 3 is 1.88 bits per heavy atom. The molecular weight excluding hydrogens is 116 g/mol. The number of hydrogen-bond donors (Lipinski definition) is 1. The molecule has 0 aliphatic rings. The van der Waals surface area contributed by atoms with E-state index in [-0.39, 0.29) is 0 Å². The topological polar surface area (TPSA) is 20.2 Å². The molecule has 2 heteroatoms. The van der Waals surface area contributed by atoms with Gasteiger partial charge in [-0.1, -0.05) is 25.6 Å². The Kier molecular flexibility index (Phi) is 2.26. The fraction of sp³-hybridized carbons (Fsp3) is 0.667. The summed E-state index contributed by atoms with van der Waals surface area (Å²) < 4.78 is 0. The highest BCUT2D eigenvalue weighted by Crippen LogP contribution is 2.04. The first-order valence-corrected chi connectivity index (χ1v) is 6.20. The van der Waals surface area contributed by atoms with Crippen molar-refractivity contribution in [1.82, 2.24) is 0 Å². The number of aliphatic hydroxyl groups is 1. The summed E-state index contributed by atoms with van der Waals surface area (Å²) in [5.74, 6) is 2.32. The van der Waals surface area contributed by atoms with Gasteiger partial charge in [-0.15, -0.1) is 6.42 Å². The number of hydrogen-bond acceptors (Lipinski definition) is 1. The highest BCUT2D eigenvalue weighted by Gasteiger charge is 2.21. The van der Waals surface area contributed by atoms with Crippen LogP contribution in [0, 0.1) is 12.3 Å². The van der Waals surface area contributed by atoms with E-state index in [0.717, 1.165) is 0 Å². The van der Waals surface area contributed by atoms with Crippen molar-refractivity contribution in [3.63, 3.8) is 0 Å². The highest BCUT2D eigenvalue weighted by atomic mass is 28.3. The van der Waals surface area contributed by atoms with Gasteiger partial charge in [-0.2, -0.15) is 0 Å². The van der Waals surface area contributed by atoms with Crippen molar-refractivity contribution in [3.05, 3.63) is 0 Å². The molecule has 0 aliphatic heterocycles. The summed E-state index contributed by atoms with van der Waals surface area (Å²) >= 11 is 0. The average molecular weight is 128 g/mol. The molecule has 0 heterocycles. The van der Waals surface area contributed by atoms with Crippen LogP contribution in [0.2, 0.25) is 19.6 Å². The van der Waals surface area contributed by atoms with Gasteiger partial charge in [-0.05, 0) is 0 Å². The SMILES string of the molecule is C#CC(O)[Si](C)(C)C. The van der Waals surface area contributed by atoms with Crippen LogP contribution in [-0.4, -0.2) is 18.9 Å². The largest absolute Gasteiger partial charge is 0.384 e. The van der Waals surface area contributed by atoms with Gasteiger partial charge in [0.15, 0.2) is 0 Å². The van der Waals surface area contributed by atoms with Crippen LogP contribution >= 0.6 is 0 Å². The maximum Gasteiger partial charge on any atom is 0.102 e. The Morgan fingerprint density at radius 1 is 1.50 bits per heavy atom. The molecule has 0 saturated heterocycles. The predicted molar refractivity (Wildman–Crippen MR) is 38.2 cm³/mol. The molecule has 0 aromatic carbocycles. The van der Waals surface area contributed by atoms with E-state index in [1.807, 2.05) is 19.6 Å². The molecule has 0 saturated carbocycles. The molecule has 0 spiro atoms. The fourth-order valence-corrected chi connectivity index (χ4v) is 0.750. The van der Waals surface area contributed by atoms with Crippen molar-refractivity contribution in [1.29, 1.82) is 0 Å². The first-order chi connectivity index (χ1) is 3.48. The summed E-state index contributed by atoms with van der Waals surface area (Å²) in [6.45, 7) is 6.12. The molecule has 1 N–H and O–H groups in total. The van der Waals surface area contributed by atoms with Gasteiger partial charge in [0.1, 0.15) is 5.73 Å². The van der Waals surface area contributed by atoms with Crippen molar-refractivity contribution in [2.45, 2.75) is 25.4 Å². The second-order valence-corrected chi connectivity index (χ2v) is 8.21. The van der Waals surface area contributed by atoms with E-state index in [0.29, 0.717) is 0 Å². The maximum atomic E-state index is 9.02. The zero-order chi connectivity index (χ0) is 6.78. The van der Waals surface area contributed by atoms with E-state index in [9.17, 15) is 0 Å². The van der Waals surface area contributed by atoms with Gasteiger partial charge in [-0.25, -0.2) is 0 Å². The molecular formula is C6H12OSi. The standard InChI is InChI=1S/C6H12OSi/c1-5-6(7)8(2,3)4/h1,6-7H,2-4H3. The molecule has 0 amide bonds. The van der Waals surface area contributed by atoms with Crippen LogP contribution in [0.5, 0.6) is 0 Å². The molecule has 8 heavy (non-hydrogen) atoms. The molecule has 0 rings (SSSR count). The zero-order valence-corrected chi connectivity index (χ0v) is 6.60. The third kappa shape index (κ3) is 2.15. The lowest BCUT2D eigenvalue weighted by molar-refractivity contribution is 0.300. The molecule has 0 aliphatic carbocycles. The van der Waals surface area contributed by atoms with E-state index >= 15 is 0 Å². The number of aliphatic hydroxyl groups excluding tert-OH is 1. The third-order valence-corrected chi connectivity index (χ3v) is 2.79. The Morgan fingerprint density at radius 2 is 1.88 bits per heavy atom. The molecule has 0 aromatic rings. The second kappa shape index (κ2) is 2.34. The lowest BCUT2D eigenvalue weighted by Gasteiger charge is -2.17. The van der Waals surface area contributed by atoms with Gasteiger partial charge < -0.3 is 5.11 Å². The molecule has 1 unspecified atom stereocenters. The van der Waals surface area contributed by atoms with E-state index < -0.39 is 13.8 Å². The maximum absolute atomic E-state index is 9.02. The molecule has 1 atom stereocenters. The summed E-state index contributed by atoms with van der Waals surface area (Å²) in [5, 5.41) is 9.02. The lowest BCUT2D eigenvalue weighted by atomic mass is 10.8. The van der Waals surface area contributed by atoms with E-state index in [4.69, 9.17) is 11.5 Å². The first-order valence-electron chi connectivity index (χ1n) is 2.62. The normalized spacial score (nSPS) is 14.9. The molecule has 0 bridgehead atoms. The zero-order valence-electron chi connectivity index (χ0n) is 5.60. The molecule has 46 valence electrons. The van der Waals surface area contributed by atoms with Gasteiger partial charge in [0, 0.05) is 0 Å². The minimum atomic E-state index is -1.44. The summed E-state index contributed by atoms with van der Waals surface area (Å²) in [4.78, 5) is 0. The average Bonchev–Trinajstić information content (AvgIpc) is 1.62. The van der Waals surface area contributed by atoms with Gasteiger partial charge in [0.25, 0.3) is 0 Å². The van der Waals surface area contributed by atoms with Crippen LogP contribution in [-0.2, 0) is 0 Å². The third-order valence-electron chi connectivity index (χ3n) is 0.978. The quantitative estimate of drug-likeness (QED) is 0.410. The van der Waals surface area contributed by atoms with Gasteiger partial charge in [-0.3, -0.25) is 0 Å². The first kappa shape index (κ1) is 7.74. The van der Waals surface area contributed by atoms with Crippen molar-refractivity contribution in [2.24, 2.45) is 0 Å². The van der Waals surface area contributed by atoms with E-state index in [1.165, 1.54) is 0 Å². The molecule has 0 radical (unpaired) electrons. The Labute approximate surface area is 51.7 Å². The van der Waals surface area contributed by atoms with Crippen molar-refractivity contribution >= 4 is 8.07 Å². The van der Waals surface area contributed by atoms with Crippen LogP contribution in [0.3, 0.4) is 0 Å². The second-order valence-electron chi connectivity index (χ2n) is 2.94. The lowest BCUT2D eigenvalue weighted by Crippen LogP contribution is -2.36. The molecule has 0 aromatic heterocycles. The Bertz CT molecular complexity index is 107. The minimum Gasteiger partial charge on any atom is -0.384 e. The molecule has 0 fully saturated rings. The molecule has 1 nitrogen and oxygen atoms in total. The number of rotatable bonds is 1. The van der Waals surface area contributed by atoms with Crippen LogP contribution < -0.4 is 0 Å². The van der Waals surface area contributed by atoms with E-state index in [2.05, 4.69) is 5.92 Å². The van der Waals surface area contributed by atoms with Gasteiger partial charge in [0.2, 0.25) is 0 Å². The van der Waals surface area contributed by atoms with Crippen LogP contribution in [0.25, 0.3) is 0 Å². The van der Waals surface area contributed by atoms with Gasteiger partial charge >= 0.3 is 0 Å². The summed E-state index contributed by atoms with van der Waals surface area (Å²) in [5.41, 5.74) is -0.484.